The number of para-hydroxylation sites is 1. The van der Waals surface area contributed by atoms with Gasteiger partial charge in [-0.1, -0.05) is 18.2 Å². The molecule has 1 saturated heterocycles. The molecule has 7 heteroatoms. The smallest absolute Gasteiger partial charge is 0.229 e. The van der Waals surface area contributed by atoms with Gasteiger partial charge >= 0.3 is 0 Å². The van der Waals surface area contributed by atoms with Gasteiger partial charge in [0, 0.05) is 18.8 Å². The number of guanidine groups is 2. The summed E-state index contributed by atoms with van der Waals surface area (Å²) in [5.74, 6) is 0.502. The Kier molecular flexibility index (Phi) is 4.80. The van der Waals surface area contributed by atoms with Gasteiger partial charge in [-0.25, -0.2) is 4.99 Å². The Morgan fingerprint density at radius 2 is 2.14 bits per heavy atom. The number of halogens is 1. The third-order valence-electron chi connectivity index (χ3n) is 3.28. The number of aryl methyl sites for hydroxylation is 1. The zero-order chi connectivity index (χ0) is 15.4. The van der Waals surface area contributed by atoms with Gasteiger partial charge in [-0.05, 0) is 24.5 Å². The van der Waals surface area contributed by atoms with Crippen LogP contribution >= 0.6 is 11.6 Å². The van der Waals surface area contributed by atoms with Crippen LogP contribution in [0.25, 0.3) is 0 Å². The average Bonchev–Trinajstić information content (AvgIpc) is 2.82. The minimum Gasteiger partial charge on any atom is -0.369 e. The molecular formula is C14H18ClN5O. The largest absolute Gasteiger partial charge is 0.369 e. The molecule has 1 fully saturated rings. The summed E-state index contributed by atoms with van der Waals surface area (Å²) >= 11 is 5.77. The van der Waals surface area contributed by atoms with E-state index in [-0.39, 0.29) is 23.7 Å². The van der Waals surface area contributed by atoms with Gasteiger partial charge in [0.05, 0.1) is 5.69 Å². The second-order valence-corrected chi connectivity index (χ2v) is 5.26. The third kappa shape index (κ3) is 3.72. The van der Waals surface area contributed by atoms with Crippen LogP contribution in [-0.4, -0.2) is 35.2 Å². The van der Waals surface area contributed by atoms with Gasteiger partial charge in [-0.15, -0.1) is 11.6 Å². The first-order chi connectivity index (χ1) is 10.0. The number of benzene rings is 1. The van der Waals surface area contributed by atoms with Gasteiger partial charge in [0.25, 0.3) is 0 Å². The summed E-state index contributed by atoms with van der Waals surface area (Å²) in [6, 6.07) is 7.53. The number of aliphatic imine (C=N–C) groups is 2. The van der Waals surface area contributed by atoms with E-state index in [4.69, 9.17) is 23.1 Å². The number of likely N-dealkylation sites (tertiary alicyclic amines) is 1. The van der Waals surface area contributed by atoms with E-state index in [1.54, 1.807) is 0 Å². The summed E-state index contributed by atoms with van der Waals surface area (Å²) in [6.07, 6.45) is 0.383. The predicted octanol–water partition coefficient (Wildman–Crippen LogP) is 1.34. The first kappa shape index (κ1) is 15.3. The van der Waals surface area contributed by atoms with Crippen molar-refractivity contribution in [3.05, 3.63) is 29.8 Å². The molecule has 6 nitrogen and oxygen atoms in total. The van der Waals surface area contributed by atoms with Crippen molar-refractivity contribution in [3.8, 4) is 0 Å². The number of rotatable bonds is 2. The Morgan fingerprint density at radius 1 is 1.43 bits per heavy atom. The zero-order valence-corrected chi connectivity index (χ0v) is 12.5. The molecule has 0 aliphatic carbocycles. The predicted molar refractivity (Wildman–Crippen MR) is 84.6 cm³/mol. The molecule has 112 valence electrons. The van der Waals surface area contributed by atoms with E-state index < -0.39 is 0 Å². The second kappa shape index (κ2) is 6.58. The minimum atomic E-state index is -0.0920. The second-order valence-electron chi connectivity index (χ2n) is 4.96. The summed E-state index contributed by atoms with van der Waals surface area (Å²) < 4.78 is 0. The Morgan fingerprint density at radius 3 is 2.76 bits per heavy atom. The van der Waals surface area contributed by atoms with E-state index in [1.807, 2.05) is 31.2 Å². The molecule has 1 aromatic carbocycles. The molecule has 0 radical (unpaired) electrons. The average molecular weight is 308 g/mol. The highest BCUT2D eigenvalue weighted by Gasteiger charge is 2.31. The van der Waals surface area contributed by atoms with Crippen molar-refractivity contribution in [2.75, 3.05) is 12.4 Å². The van der Waals surface area contributed by atoms with Crippen LogP contribution in [0.4, 0.5) is 5.69 Å². The Hall–Kier alpha value is -2.08. The van der Waals surface area contributed by atoms with E-state index in [0.717, 1.165) is 11.3 Å². The molecule has 1 heterocycles. The molecule has 1 atom stereocenters. The number of nitrogens with two attached hydrogens (primary N) is 2. The first-order valence-electron chi connectivity index (χ1n) is 6.61. The first-order valence-corrected chi connectivity index (χ1v) is 7.15. The number of amides is 1. The maximum absolute atomic E-state index is 11.8. The monoisotopic (exact) mass is 307 g/mol. The van der Waals surface area contributed by atoms with Gasteiger partial charge in [-0.3, -0.25) is 9.69 Å². The number of carbonyl (C=O) groups is 1. The highest BCUT2D eigenvalue weighted by molar-refractivity contribution is 6.18. The van der Waals surface area contributed by atoms with E-state index in [9.17, 15) is 4.79 Å². The summed E-state index contributed by atoms with van der Waals surface area (Å²) in [6.45, 7) is 2.39. The van der Waals surface area contributed by atoms with E-state index >= 15 is 0 Å². The molecule has 21 heavy (non-hydrogen) atoms. The van der Waals surface area contributed by atoms with Gasteiger partial charge in [0.1, 0.15) is 0 Å². The molecule has 0 bridgehead atoms. The standard InChI is InChI=1S/C14H18ClN5O/c1-9-4-2-3-5-11(9)18-13(16)19-14(17)20-8-10(7-15)6-12(20)21/h2-5,10H,6-8H2,1H3,(H4,16,17,18,19). The molecule has 1 aromatic rings. The van der Waals surface area contributed by atoms with Crippen LogP contribution in [0.15, 0.2) is 34.3 Å². The number of nitrogens with zero attached hydrogens (tertiary/aromatic N) is 3. The topological polar surface area (TPSA) is 97.1 Å². The molecule has 4 N–H and O–H groups in total. The van der Waals surface area contributed by atoms with Gasteiger partial charge in [0.2, 0.25) is 17.8 Å². The molecule has 0 saturated carbocycles. The maximum atomic E-state index is 11.8. The zero-order valence-electron chi connectivity index (χ0n) is 11.8. The van der Waals surface area contributed by atoms with Crippen LogP contribution < -0.4 is 11.5 Å². The van der Waals surface area contributed by atoms with Crippen LogP contribution in [0.5, 0.6) is 0 Å². The van der Waals surface area contributed by atoms with Gasteiger partial charge in [-0.2, -0.15) is 4.99 Å². The summed E-state index contributed by atoms with van der Waals surface area (Å²) in [5.41, 5.74) is 13.3. The van der Waals surface area contributed by atoms with Crippen LogP contribution in [0.1, 0.15) is 12.0 Å². The Bertz CT molecular complexity index is 599. The number of carbonyl (C=O) groups excluding carboxylic acids is 1. The molecule has 1 aliphatic heterocycles. The lowest BCUT2D eigenvalue weighted by atomic mass is 10.2. The van der Waals surface area contributed by atoms with Crippen LogP contribution in [0.2, 0.25) is 0 Å². The SMILES string of the molecule is Cc1ccccc1N=C(N)/N=C(\N)N1CC(CCl)CC1=O. The minimum absolute atomic E-state index is 0.0175. The molecular weight excluding hydrogens is 290 g/mol. The summed E-state index contributed by atoms with van der Waals surface area (Å²) in [4.78, 5) is 21.4. The number of hydrogen-bond acceptors (Lipinski definition) is 2. The van der Waals surface area contributed by atoms with Gasteiger partial charge in [0.15, 0.2) is 0 Å². The van der Waals surface area contributed by atoms with Crippen molar-refractivity contribution in [2.45, 2.75) is 13.3 Å². The molecule has 1 aliphatic rings. The van der Waals surface area contributed by atoms with Crippen molar-refractivity contribution in [3.63, 3.8) is 0 Å². The van der Waals surface area contributed by atoms with Crippen molar-refractivity contribution in [1.82, 2.24) is 4.90 Å². The molecule has 0 spiro atoms. The van der Waals surface area contributed by atoms with Crippen LogP contribution in [0, 0.1) is 12.8 Å². The van der Waals surface area contributed by atoms with E-state index in [1.165, 1.54) is 4.90 Å². The highest BCUT2D eigenvalue weighted by Crippen LogP contribution is 2.19. The van der Waals surface area contributed by atoms with Crippen molar-refractivity contribution >= 4 is 35.1 Å². The molecule has 1 unspecified atom stereocenters. The van der Waals surface area contributed by atoms with Crippen molar-refractivity contribution in [2.24, 2.45) is 27.4 Å². The lowest BCUT2D eigenvalue weighted by Crippen LogP contribution is -2.39. The van der Waals surface area contributed by atoms with Gasteiger partial charge < -0.3 is 11.5 Å². The van der Waals surface area contributed by atoms with Crippen molar-refractivity contribution in [1.29, 1.82) is 0 Å². The fourth-order valence-corrected chi connectivity index (χ4v) is 2.33. The summed E-state index contributed by atoms with van der Waals surface area (Å²) in [7, 11) is 0. The summed E-state index contributed by atoms with van der Waals surface area (Å²) in [5, 5.41) is 0. The fraction of sp³-hybridized carbons (Fsp3) is 0.357. The fourth-order valence-electron chi connectivity index (χ4n) is 2.12. The lowest BCUT2D eigenvalue weighted by molar-refractivity contribution is -0.124. The quantitative estimate of drug-likeness (QED) is 0.490. The van der Waals surface area contributed by atoms with E-state index in [2.05, 4.69) is 9.98 Å². The lowest BCUT2D eigenvalue weighted by Gasteiger charge is -2.14. The molecule has 1 amide bonds. The van der Waals surface area contributed by atoms with E-state index in [0.29, 0.717) is 18.8 Å². The maximum Gasteiger partial charge on any atom is 0.229 e. The highest BCUT2D eigenvalue weighted by atomic mass is 35.5. The van der Waals surface area contributed by atoms with Crippen LogP contribution in [0.3, 0.4) is 0 Å². The molecule has 0 aromatic heterocycles. The number of hydrogen-bond donors (Lipinski definition) is 2. The Labute approximate surface area is 128 Å². The Balaban J connectivity index is 2.15. The normalized spacial score (nSPS) is 20.2. The van der Waals surface area contributed by atoms with Crippen molar-refractivity contribution < 1.29 is 4.79 Å². The number of alkyl halides is 1. The van der Waals surface area contributed by atoms with Crippen LogP contribution in [-0.2, 0) is 4.79 Å². The molecule has 2 rings (SSSR count). The third-order valence-corrected chi connectivity index (χ3v) is 3.72.